The van der Waals surface area contributed by atoms with E-state index in [1.165, 1.54) is 6.21 Å². The minimum Gasteiger partial charge on any atom is -0.488 e. The van der Waals surface area contributed by atoms with E-state index in [-0.39, 0.29) is 6.61 Å². The Morgan fingerprint density at radius 2 is 2.05 bits per heavy atom. The number of halogens is 3. The molecule has 5 nitrogen and oxygen atoms in total. The normalized spacial score (nSPS) is 16.5. The maximum atomic E-state index is 11.9. The van der Waals surface area contributed by atoms with Crippen LogP contribution in [-0.4, -0.2) is 45.1 Å². The lowest BCUT2D eigenvalue weighted by Gasteiger charge is -2.11. The molecule has 0 aromatic heterocycles. The highest BCUT2D eigenvalue weighted by Crippen LogP contribution is 2.16. The molecule has 0 aliphatic carbocycles. The van der Waals surface area contributed by atoms with Gasteiger partial charge in [0.05, 0.1) is 19.4 Å². The lowest BCUT2D eigenvalue weighted by Crippen LogP contribution is -2.18. The van der Waals surface area contributed by atoms with Gasteiger partial charge in [-0.3, -0.25) is 0 Å². The van der Waals surface area contributed by atoms with Crippen LogP contribution in [0.3, 0.4) is 0 Å². The lowest BCUT2D eigenvalue weighted by atomic mass is 10.2. The van der Waals surface area contributed by atoms with E-state index in [2.05, 4.69) is 9.99 Å². The summed E-state index contributed by atoms with van der Waals surface area (Å²) in [7, 11) is 0. The molecule has 0 spiro atoms. The Morgan fingerprint density at radius 3 is 2.76 bits per heavy atom. The van der Waals surface area contributed by atoms with Crippen molar-refractivity contribution in [2.75, 3.05) is 26.4 Å². The van der Waals surface area contributed by atoms with Crippen LogP contribution in [-0.2, 0) is 14.3 Å². The van der Waals surface area contributed by atoms with E-state index >= 15 is 0 Å². The van der Waals surface area contributed by atoms with Crippen LogP contribution in [0, 0.1) is 0 Å². The van der Waals surface area contributed by atoms with Gasteiger partial charge in [0.1, 0.15) is 12.4 Å². The third kappa shape index (κ3) is 6.01. The van der Waals surface area contributed by atoms with Gasteiger partial charge in [-0.25, -0.2) is 0 Å². The molecule has 1 heterocycles. The first-order valence-electron chi connectivity index (χ1n) is 6.21. The zero-order valence-corrected chi connectivity index (χ0v) is 11.0. The SMILES string of the molecule is FC(F)(F)CO/N=C/c1cccc(OCC2OCCO2)c1. The molecule has 0 unspecified atom stereocenters. The van der Waals surface area contributed by atoms with Crippen LogP contribution in [0.25, 0.3) is 0 Å². The Bertz CT molecular complexity index is 473. The van der Waals surface area contributed by atoms with Crippen LogP contribution < -0.4 is 4.74 Å². The fraction of sp³-hybridized carbons (Fsp3) is 0.462. The minimum atomic E-state index is -4.40. The highest BCUT2D eigenvalue weighted by molar-refractivity contribution is 5.79. The molecule has 1 fully saturated rings. The molecule has 1 aliphatic rings. The molecule has 1 saturated heterocycles. The largest absolute Gasteiger partial charge is 0.488 e. The summed E-state index contributed by atoms with van der Waals surface area (Å²) < 4.78 is 51.4. The summed E-state index contributed by atoms with van der Waals surface area (Å²) in [6, 6.07) is 6.69. The molecule has 0 amide bonds. The van der Waals surface area contributed by atoms with Gasteiger partial charge in [-0.1, -0.05) is 17.3 Å². The highest BCUT2D eigenvalue weighted by atomic mass is 19.4. The molecule has 0 bridgehead atoms. The maximum absolute atomic E-state index is 11.9. The number of rotatable bonds is 6. The van der Waals surface area contributed by atoms with E-state index in [0.29, 0.717) is 24.5 Å². The third-order valence-electron chi connectivity index (χ3n) is 2.44. The van der Waals surface area contributed by atoms with Crippen LogP contribution in [0.4, 0.5) is 13.2 Å². The van der Waals surface area contributed by atoms with Crippen molar-refractivity contribution in [2.45, 2.75) is 12.5 Å². The summed E-state index contributed by atoms with van der Waals surface area (Å²) in [4.78, 5) is 4.15. The number of benzene rings is 1. The first-order valence-corrected chi connectivity index (χ1v) is 6.21. The molecular weight excluding hydrogens is 291 g/mol. The molecule has 2 rings (SSSR count). The van der Waals surface area contributed by atoms with Crippen LogP contribution in [0.5, 0.6) is 5.75 Å². The average Bonchev–Trinajstić information content (AvgIpc) is 2.94. The molecule has 21 heavy (non-hydrogen) atoms. The van der Waals surface area contributed by atoms with Crippen molar-refractivity contribution >= 4 is 6.21 Å². The van der Waals surface area contributed by atoms with Gasteiger partial charge in [-0.15, -0.1) is 0 Å². The minimum absolute atomic E-state index is 0.241. The monoisotopic (exact) mass is 305 g/mol. The molecule has 116 valence electrons. The Labute approximate surface area is 119 Å². The summed E-state index contributed by atoms with van der Waals surface area (Å²) in [6.07, 6.45) is -3.61. The Morgan fingerprint density at radius 1 is 1.29 bits per heavy atom. The van der Waals surface area contributed by atoms with Gasteiger partial charge < -0.3 is 19.0 Å². The van der Waals surface area contributed by atoms with E-state index in [1.54, 1.807) is 24.3 Å². The summed E-state index contributed by atoms with van der Waals surface area (Å²) in [5.74, 6) is 0.536. The summed E-state index contributed by atoms with van der Waals surface area (Å²) in [5.41, 5.74) is 0.558. The predicted molar refractivity (Wildman–Crippen MR) is 67.2 cm³/mol. The Kier molecular flexibility index (Phi) is 5.40. The molecular formula is C13H14F3NO4. The van der Waals surface area contributed by atoms with Crippen molar-refractivity contribution in [1.29, 1.82) is 0 Å². The second-order valence-corrected chi connectivity index (χ2v) is 4.18. The van der Waals surface area contributed by atoms with Crippen molar-refractivity contribution in [3.05, 3.63) is 29.8 Å². The van der Waals surface area contributed by atoms with Crippen molar-refractivity contribution in [1.82, 2.24) is 0 Å². The fourth-order valence-corrected chi connectivity index (χ4v) is 1.56. The maximum Gasteiger partial charge on any atom is 0.425 e. The molecule has 1 aliphatic heterocycles. The quantitative estimate of drug-likeness (QED) is 0.598. The van der Waals surface area contributed by atoms with Crippen molar-refractivity contribution in [3.8, 4) is 5.75 Å². The number of ether oxygens (including phenoxy) is 3. The molecule has 1 aromatic rings. The molecule has 0 N–H and O–H groups in total. The third-order valence-corrected chi connectivity index (χ3v) is 2.44. The number of nitrogens with zero attached hydrogens (tertiary/aromatic N) is 1. The lowest BCUT2D eigenvalue weighted by molar-refractivity contribution is -0.173. The summed E-state index contributed by atoms with van der Waals surface area (Å²) >= 11 is 0. The second kappa shape index (κ2) is 7.28. The Balaban J connectivity index is 1.81. The fourth-order valence-electron chi connectivity index (χ4n) is 1.56. The number of alkyl halides is 3. The van der Waals surface area contributed by atoms with Gasteiger partial charge in [0, 0.05) is 0 Å². The van der Waals surface area contributed by atoms with E-state index in [0.717, 1.165) is 0 Å². The van der Waals surface area contributed by atoms with Gasteiger partial charge >= 0.3 is 6.18 Å². The van der Waals surface area contributed by atoms with E-state index in [4.69, 9.17) is 14.2 Å². The standard InChI is InChI=1S/C13H14F3NO4/c14-13(15,16)9-21-17-7-10-2-1-3-11(6-10)20-8-12-18-4-5-19-12/h1-3,6-7,12H,4-5,8-9H2/b17-7+. The first-order chi connectivity index (χ1) is 10.0. The number of hydrogen-bond acceptors (Lipinski definition) is 5. The zero-order chi connectivity index (χ0) is 15.1. The molecule has 8 heteroatoms. The van der Waals surface area contributed by atoms with Crippen LogP contribution >= 0.6 is 0 Å². The van der Waals surface area contributed by atoms with Crippen molar-refractivity contribution in [3.63, 3.8) is 0 Å². The summed E-state index contributed by atoms with van der Waals surface area (Å²) in [6.45, 7) is -0.101. The summed E-state index contributed by atoms with van der Waals surface area (Å²) in [5, 5.41) is 3.26. The van der Waals surface area contributed by atoms with Gasteiger partial charge in [0.2, 0.25) is 6.61 Å². The Hall–Kier alpha value is -1.80. The zero-order valence-electron chi connectivity index (χ0n) is 11.0. The predicted octanol–water partition coefficient (Wildman–Crippen LogP) is 2.35. The average molecular weight is 305 g/mol. The van der Waals surface area contributed by atoms with Crippen LogP contribution in [0.1, 0.15) is 5.56 Å². The van der Waals surface area contributed by atoms with Gasteiger partial charge in [0.25, 0.3) is 0 Å². The molecule has 0 atom stereocenters. The highest BCUT2D eigenvalue weighted by Gasteiger charge is 2.28. The van der Waals surface area contributed by atoms with Gasteiger partial charge in [-0.05, 0) is 17.7 Å². The smallest absolute Gasteiger partial charge is 0.425 e. The molecule has 0 saturated carbocycles. The van der Waals surface area contributed by atoms with Crippen LogP contribution in [0.15, 0.2) is 29.4 Å². The molecule has 0 radical (unpaired) electrons. The van der Waals surface area contributed by atoms with Crippen molar-refractivity contribution in [2.24, 2.45) is 5.16 Å². The van der Waals surface area contributed by atoms with E-state index < -0.39 is 19.1 Å². The van der Waals surface area contributed by atoms with E-state index in [9.17, 15) is 13.2 Å². The second-order valence-electron chi connectivity index (χ2n) is 4.18. The van der Waals surface area contributed by atoms with Gasteiger partial charge in [0.15, 0.2) is 6.29 Å². The van der Waals surface area contributed by atoms with E-state index in [1.807, 2.05) is 0 Å². The topological polar surface area (TPSA) is 49.3 Å². The van der Waals surface area contributed by atoms with Crippen molar-refractivity contribution < 1.29 is 32.2 Å². The van der Waals surface area contributed by atoms with Crippen LogP contribution in [0.2, 0.25) is 0 Å². The number of hydrogen-bond donors (Lipinski definition) is 0. The number of oxime groups is 1. The molecule has 1 aromatic carbocycles. The first kappa shape index (κ1) is 15.6. The van der Waals surface area contributed by atoms with Gasteiger partial charge in [-0.2, -0.15) is 13.2 Å².